The van der Waals surface area contributed by atoms with Gasteiger partial charge in [0, 0.05) is 31.0 Å². The highest BCUT2D eigenvalue weighted by molar-refractivity contribution is 5.96. The number of amides is 1. The molecule has 4 nitrogen and oxygen atoms in total. The van der Waals surface area contributed by atoms with Crippen LogP contribution in [0.4, 0.5) is 10.1 Å². The minimum absolute atomic E-state index is 0. The normalized spacial score (nSPS) is 17.1. The first kappa shape index (κ1) is 16.9. The van der Waals surface area contributed by atoms with E-state index < -0.39 is 5.41 Å². The van der Waals surface area contributed by atoms with Crippen LogP contribution in [0.15, 0.2) is 18.2 Å². The summed E-state index contributed by atoms with van der Waals surface area (Å²) in [5.74, 6) is -0.474. The molecule has 6 heteroatoms. The topological polar surface area (TPSA) is 64.4 Å². The average Bonchev–Trinajstić information content (AvgIpc) is 2.44. The number of carbonyl (C=O) groups excluding carboxylic acids is 1. The second-order valence-electron chi connectivity index (χ2n) is 4.96. The van der Waals surface area contributed by atoms with Gasteiger partial charge in [-0.2, -0.15) is 0 Å². The Labute approximate surface area is 124 Å². The highest BCUT2D eigenvalue weighted by atomic mass is 35.5. The van der Waals surface area contributed by atoms with Crippen molar-refractivity contribution < 1.29 is 13.9 Å². The van der Waals surface area contributed by atoms with Crippen LogP contribution in [-0.4, -0.2) is 25.7 Å². The molecule has 0 atom stereocenters. The summed E-state index contributed by atoms with van der Waals surface area (Å²) in [5.41, 5.74) is 6.11. The number of halogens is 2. The maximum Gasteiger partial charge on any atom is 0.232 e. The van der Waals surface area contributed by atoms with E-state index in [0.717, 1.165) is 0 Å². The molecule has 0 spiro atoms. The van der Waals surface area contributed by atoms with Crippen LogP contribution in [0, 0.1) is 18.2 Å². The van der Waals surface area contributed by atoms with Crippen LogP contribution >= 0.6 is 12.4 Å². The fourth-order valence-electron chi connectivity index (χ4n) is 2.28. The van der Waals surface area contributed by atoms with E-state index in [2.05, 4.69) is 5.32 Å². The molecule has 0 aliphatic carbocycles. The molecule has 1 heterocycles. The van der Waals surface area contributed by atoms with Gasteiger partial charge in [-0.15, -0.1) is 12.4 Å². The number of anilines is 1. The second kappa shape index (κ2) is 7.02. The van der Waals surface area contributed by atoms with Gasteiger partial charge in [-0.1, -0.05) is 6.07 Å². The molecule has 1 aromatic carbocycles. The molecule has 0 aromatic heterocycles. The summed E-state index contributed by atoms with van der Waals surface area (Å²) in [5, 5.41) is 2.80. The lowest BCUT2D eigenvalue weighted by atomic mass is 9.79. The predicted molar refractivity (Wildman–Crippen MR) is 78.6 cm³/mol. The molecular formula is C14H20ClFN2O2. The van der Waals surface area contributed by atoms with E-state index in [4.69, 9.17) is 10.5 Å². The number of benzene rings is 1. The van der Waals surface area contributed by atoms with Gasteiger partial charge < -0.3 is 15.8 Å². The summed E-state index contributed by atoms with van der Waals surface area (Å²) >= 11 is 0. The number of hydrogen-bond acceptors (Lipinski definition) is 3. The van der Waals surface area contributed by atoms with Gasteiger partial charge in [-0.05, 0) is 31.9 Å². The molecular weight excluding hydrogens is 283 g/mol. The summed E-state index contributed by atoms with van der Waals surface area (Å²) in [6.45, 7) is 2.99. The summed E-state index contributed by atoms with van der Waals surface area (Å²) < 4.78 is 18.7. The summed E-state index contributed by atoms with van der Waals surface area (Å²) in [6.07, 6.45) is 1.20. The van der Waals surface area contributed by atoms with Gasteiger partial charge in [-0.25, -0.2) is 4.39 Å². The monoisotopic (exact) mass is 302 g/mol. The maximum atomic E-state index is 13.5. The molecule has 112 valence electrons. The number of ether oxygens (including phenoxy) is 1. The predicted octanol–water partition coefficient (Wildman–Crippen LogP) is 2.25. The lowest BCUT2D eigenvalue weighted by Gasteiger charge is -2.34. The smallest absolute Gasteiger partial charge is 0.232 e. The third kappa shape index (κ3) is 3.29. The summed E-state index contributed by atoms with van der Waals surface area (Å²) in [7, 11) is 0. The zero-order chi connectivity index (χ0) is 13.9. The first-order valence-corrected chi connectivity index (χ1v) is 6.43. The molecule has 1 aliphatic heterocycles. The van der Waals surface area contributed by atoms with E-state index >= 15 is 0 Å². The molecule has 0 unspecified atom stereocenters. The van der Waals surface area contributed by atoms with Crippen molar-refractivity contribution in [2.75, 3.05) is 25.1 Å². The molecule has 1 aromatic rings. The van der Waals surface area contributed by atoms with E-state index in [1.54, 1.807) is 19.1 Å². The number of carbonyl (C=O) groups is 1. The summed E-state index contributed by atoms with van der Waals surface area (Å²) in [4.78, 5) is 12.4. The Morgan fingerprint density at radius 1 is 1.45 bits per heavy atom. The molecule has 1 aliphatic rings. The van der Waals surface area contributed by atoms with Crippen LogP contribution in [0.5, 0.6) is 0 Å². The van der Waals surface area contributed by atoms with E-state index in [-0.39, 0.29) is 30.7 Å². The van der Waals surface area contributed by atoms with Gasteiger partial charge in [0.05, 0.1) is 5.41 Å². The number of nitrogens with one attached hydrogen (secondary N) is 1. The lowest BCUT2D eigenvalue weighted by Crippen LogP contribution is -2.46. The highest BCUT2D eigenvalue weighted by Gasteiger charge is 2.38. The zero-order valence-electron chi connectivity index (χ0n) is 11.4. The van der Waals surface area contributed by atoms with Crippen LogP contribution in [0.1, 0.15) is 18.4 Å². The Morgan fingerprint density at radius 3 is 2.70 bits per heavy atom. The Morgan fingerprint density at radius 2 is 2.10 bits per heavy atom. The van der Waals surface area contributed by atoms with Crippen molar-refractivity contribution >= 4 is 24.0 Å². The fourth-order valence-corrected chi connectivity index (χ4v) is 2.28. The molecule has 0 saturated carbocycles. The van der Waals surface area contributed by atoms with Crippen LogP contribution in [0.3, 0.4) is 0 Å². The highest BCUT2D eigenvalue weighted by Crippen LogP contribution is 2.31. The standard InChI is InChI=1S/C14H19FN2O2.ClH/c1-10-11(15)3-2-4-12(10)17-13(18)14(9-16)5-7-19-8-6-14;/h2-4H,5-9,16H2,1H3,(H,17,18);1H. The Hall–Kier alpha value is -1.17. The quantitative estimate of drug-likeness (QED) is 0.900. The first-order chi connectivity index (χ1) is 9.09. The van der Waals surface area contributed by atoms with Crippen molar-refractivity contribution in [1.82, 2.24) is 0 Å². The van der Waals surface area contributed by atoms with Crippen molar-refractivity contribution in [1.29, 1.82) is 0 Å². The lowest BCUT2D eigenvalue weighted by molar-refractivity contribution is -0.130. The van der Waals surface area contributed by atoms with Crippen molar-refractivity contribution in [2.45, 2.75) is 19.8 Å². The minimum atomic E-state index is -0.600. The molecule has 1 saturated heterocycles. The van der Waals surface area contributed by atoms with Crippen LogP contribution < -0.4 is 11.1 Å². The van der Waals surface area contributed by atoms with E-state index in [1.165, 1.54) is 6.07 Å². The van der Waals surface area contributed by atoms with E-state index in [0.29, 0.717) is 37.3 Å². The molecule has 0 radical (unpaired) electrons. The Balaban J connectivity index is 0.00000200. The zero-order valence-corrected chi connectivity index (χ0v) is 12.3. The maximum absolute atomic E-state index is 13.5. The fraction of sp³-hybridized carbons (Fsp3) is 0.500. The minimum Gasteiger partial charge on any atom is -0.381 e. The van der Waals surface area contributed by atoms with E-state index in [9.17, 15) is 9.18 Å². The van der Waals surface area contributed by atoms with Crippen LogP contribution in [0.25, 0.3) is 0 Å². The van der Waals surface area contributed by atoms with Crippen LogP contribution in [-0.2, 0) is 9.53 Å². The number of hydrogen-bond donors (Lipinski definition) is 2. The molecule has 0 bridgehead atoms. The summed E-state index contributed by atoms with van der Waals surface area (Å²) in [6, 6.07) is 4.65. The van der Waals surface area contributed by atoms with Gasteiger partial charge in [0.15, 0.2) is 0 Å². The van der Waals surface area contributed by atoms with Crippen molar-refractivity contribution in [3.8, 4) is 0 Å². The van der Waals surface area contributed by atoms with Crippen LogP contribution in [0.2, 0.25) is 0 Å². The average molecular weight is 303 g/mol. The largest absolute Gasteiger partial charge is 0.381 e. The van der Waals surface area contributed by atoms with Gasteiger partial charge in [0.2, 0.25) is 5.91 Å². The van der Waals surface area contributed by atoms with Gasteiger partial charge >= 0.3 is 0 Å². The number of nitrogens with two attached hydrogens (primary N) is 1. The number of rotatable bonds is 3. The van der Waals surface area contributed by atoms with E-state index in [1.807, 2.05) is 0 Å². The Kier molecular flexibility index (Phi) is 5.92. The first-order valence-electron chi connectivity index (χ1n) is 6.43. The van der Waals surface area contributed by atoms with Crippen molar-refractivity contribution in [2.24, 2.45) is 11.1 Å². The Bertz CT molecular complexity index is 476. The molecule has 20 heavy (non-hydrogen) atoms. The van der Waals surface area contributed by atoms with Gasteiger partial charge in [0.25, 0.3) is 0 Å². The SMILES string of the molecule is Cc1c(F)cccc1NC(=O)C1(CN)CCOCC1.Cl. The molecule has 1 amide bonds. The van der Waals surface area contributed by atoms with Gasteiger partial charge in [0.1, 0.15) is 5.82 Å². The van der Waals surface area contributed by atoms with Gasteiger partial charge in [-0.3, -0.25) is 4.79 Å². The molecule has 2 rings (SSSR count). The van der Waals surface area contributed by atoms with Crippen molar-refractivity contribution in [3.63, 3.8) is 0 Å². The third-order valence-corrected chi connectivity index (χ3v) is 3.84. The van der Waals surface area contributed by atoms with Crippen molar-refractivity contribution in [3.05, 3.63) is 29.6 Å². The second-order valence-corrected chi connectivity index (χ2v) is 4.96. The molecule has 1 fully saturated rings. The third-order valence-electron chi connectivity index (χ3n) is 3.84. The molecule has 3 N–H and O–H groups in total.